The van der Waals surface area contributed by atoms with Crippen molar-refractivity contribution >= 4 is 0 Å². The molecule has 0 aromatic rings. The largest absolute Gasteiger partial charge is 0.312 e. The van der Waals surface area contributed by atoms with Gasteiger partial charge in [0.15, 0.2) is 0 Å². The Hall–Kier alpha value is -0.350. The average Bonchev–Trinajstić information content (AvgIpc) is 1.87. The Labute approximate surface area is 61.4 Å². The summed E-state index contributed by atoms with van der Waals surface area (Å²) in [6.07, 6.45) is -2.67. The molecule has 0 unspecified atom stereocenters. The Balaban J connectivity index is 4.26. The first-order valence-electron chi connectivity index (χ1n) is 2.98. The van der Waals surface area contributed by atoms with E-state index in [1.54, 1.807) is 0 Å². The first-order chi connectivity index (χ1) is 4.87. The fraction of sp³-hybridized carbons (Fsp3) is 0.833. The van der Waals surface area contributed by atoms with Gasteiger partial charge in [-0.3, -0.25) is 4.39 Å². The predicted octanol–water partition coefficient (Wildman–Crippen LogP) is 2.84. The van der Waals surface area contributed by atoms with E-state index >= 15 is 0 Å². The summed E-state index contributed by atoms with van der Waals surface area (Å²) in [5, 5.41) is 0. The van der Waals surface area contributed by atoms with E-state index < -0.39 is 31.4 Å². The van der Waals surface area contributed by atoms with Gasteiger partial charge in [0.1, 0.15) is 0 Å². The van der Waals surface area contributed by atoms with Crippen LogP contribution in [-0.2, 0) is 0 Å². The Morgan fingerprint density at radius 2 is 1.45 bits per heavy atom. The number of alkyl halides is 5. The zero-order chi connectivity index (χ0) is 9.12. The summed E-state index contributed by atoms with van der Waals surface area (Å²) in [4.78, 5) is 0. The third kappa shape index (κ3) is 2.31. The molecule has 67 valence electrons. The minimum absolute atomic E-state index is 1.22. The molecule has 1 radical (unpaired) electrons. The van der Waals surface area contributed by atoms with Gasteiger partial charge >= 0.3 is 11.8 Å². The van der Waals surface area contributed by atoms with E-state index in [-0.39, 0.29) is 0 Å². The van der Waals surface area contributed by atoms with Crippen LogP contribution in [0.5, 0.6) is 0 Å². The molecule has 0 atom stereocenters. The second-order valence-electron chi connectivity index (χ2n) is 2.10. The fourth-order valence-electron chi connectivity index (χ4n) is 0.484. The molecule has 0 heterocycles. The van der Waals surface area contributed by atoms with Crippen molar-refractivity contribution in [2.24, 2.45) is 0 Å². The van der Waals surface area contributed by atoms with Crippen molar-refractivity contribution in [3.8, 4) is 0 Å². The Bertz CT molecular complexity index is 120. The lowest BCUT2D eigenvalue weighted by Crippen LogP contribution is -2.40. The van der Waals surface area contributed by atoms with Crippen molar-refractivity contribution in [3.05, 3.63) is 6.92 Å². The van der Waals surface area contributed by atoms with Gasteiger partial charge in [0, 0.05) is 12.8 Å². The average molecular weight is 175 g/mol. The van der Waals surface area contributed by atoms with E-state index in [1.807, 2.05) is 0 Å². The highest BCUT2D eigenvalue weighted by atomic mass is 19.3. The summed E-state index contributed by atoms with van der Waals surface area (Å²) in [6, 6.07) is 0. The van der Waals surface area contributed by atoms with Gasteiger partial charge in [-0.05, 0) is 6.92 Å². The van der Waals surface area contributed by atoms with E-state index in [4.69, 9.17) is 0 Å². The molecule has 0 aromatic carbocycles. The third-order valence-corrected chi connectivity index (χ3v) is 1.26. The normalized spacial score (nSPS) is 13.6. The Morgan fingerprint density at radius 3 is 1.73 bits per heavy atom. The maximum Gasteiger partial charge on any atom is 0.312 e. The van der Waals surface area contributed by atoms with Gasteiger partial charge in [-0.1, -0.05) is 0 Å². The number of rotatable bonds is 4. The molecule has 0 saturated heterocycles. The summed E-state index contributed by atoms with van der Waals surface area (Å²) in [5.74, 6) is -8.47. The van der Waals surface area contributed by atoms with Gasteiger partial charge in [0.05, 0.1) is 6.67 Å². The minimum atomic E-state index is -4.27. The van der Waals surface area contributed by atoms with Crippen LogP contribution in [0.1, 0.15) is 12.8 Å². The molecule has 0 N–H and O–H groups in total. The predicted molar refractivity (Wildman–Crippen MR) is 30.5 cm³/mol. The highest BCUT2D eigenvalue weighted by molar-refractivity contribution is 4.84. The second kappa shape index (κ2) is 3.36. The molecule has 0 nitrogen and oxygen atoms in total. The summed E-state index contributed by atoms with van der Waals surface area (Å²) < 4.78 is 59.9. The molecule has 0 spiro atoms. The van der Waals surface area contributed by atoms with Crippen LogP contribution in [0.4, 0.5) is 22.0 Å². The van der Waals surface area contributed by atoms with Crippen LogP contribution in [0, 0.1) is 6.92 Å². The molecule has 0 saturated carbocycles. The molecule has 0 bridgehead atoms. The lowest BCUT2D eigenvalue weighted by molar-refractivity contribution is -0.211. The molecular formula is C6H8F5. The van der Waals surface area contributed by atoms with Crippen LogP contribution < -0.4 is 0 Å². The number of hydrogen-bond donors (Lipinski definition) is 0. The lowest BCUT2D eigenvalue weighted by Gasteiger charge is -2.24. The molecule has 11 heavy (non-hydrogen) atoms. The Kier molecular flexibility index (Phi) is 3.26. The van der Waals surface area contributed by atoms with Gasteiger partial charge in [-0.2, -0.15) is 17.6 Å². The van der Waals surface area contributed by atoms with Crippen LogP contribution in [0.3, 0.4) is 0 Å². The SMILES string of the molecule is [CH2]CC(F)(F)C(F)(F)CCF. The van der Waals surface area contributed by atoms with Gasteiger partial charge in [0.25, 0.3) is 0 Å². The highest BCUT2D eigenvalue weighted by Crippen LogP contribution is 2.38. The first-order valence-corrected chi connectivity index (χ1v) is 2.98. The maximum absolute atomic E-state index is 12.2. The monoisotopic (exact) mass is 175 g/mol. The van der Waals surface area contributed by atoms with E-state index in [9.17, 15) is 22.0 Å². The highest BCUT2D eigenvalue weighted by Gasteiger charge is 2.53. The second-order valence-corrected chi connectivity index (χ2v) is 2.10. The van der Waals surface area contributed by atoms with Crippen molar-refractivity contribution in [2.75, 3.05) is 6.67 Å². The smallest absolute Gasteiger partial charge is 0.251 e. The standard InChI is InChI=1S/C6H8F5/c1-2-5(8,9)6(10,11)3-4-7/h1-4H2. The molecule has 0 amide bonds. The number of halogens is 5. The van der Waals surface area contributed by atoms with Crippen molar-refractivity contribution in [3.63, 3.8) is 0 Å². The molecule has 0 aliphatic carbocycles. The van der Waals surface area contributed by atoms with Crippen molar-refractivity contribution in [1.82, 2.24) is 0 Å². The van der Waals surface area contributed by atoms with Crippen molar-refractivity contribution < 1.29 is 22.0 Å². The van der Waals surface area contributed by atoms with Gasteiger partial charge in [-0.25, -0.2) is 0 Å². The Morgan fingerprint density at radius 1 is 1.00 bits per heavy atom. The summed E-state index contributed by atoms with van der Waals surface area (Å²) in [7, 11) is 0. The fourth-order valence-corrected chi connectivity index (χ4v) is 0.484. The zero-order valence-electron chi connectivity index (χ0n) is 5.72. The van der Waals surface area contributed by atoms with Crippen LogP contribution >= 0.6 is 0 Å². The van der Waals surface area contributed by atoms with Gasteiger partial charge in [-0.15, -0.1) is 0 Å². The molecule has 0 fully saturated rings. The van der Waals surface area contributed by atoms with Crippen LogP contribution in [0.15, 0.2) is 0 Å². The van der Waals surface area contributed by atoms with Crippen molar-refractivity contribution in [2.45, 2.75) is 24.7 Å². The molecule has 0 rings (SSSR count). The lowest BCUT2D eigenvalue weighted by atomic mass is 10.1. The van der Waals surface area contributed by atoms with Gasteiger partial charge < -0.3 is 0 Å². The molecular weight excluding hydrogens is 167 g/mol. The van der Waals surface area contributed by atoms with E-state index in [2.05, 4.69) is 6.92 Å². The summed E-state index contributed by atoms with van der Waals surface area (Å²) >= 11 is 0. The van der Waals surface area contributed by atoms with Crippen LogP contribution in [0.25, 0.3) is 0 Å². The quantitative estimate of drug-likeness (QED) is 0.576. The van der Waals surface area contributed by atoms with Crippen LogP contribution in [0.2, 0.25) is 0 Å². The van der Waals surface area contributed by atoms with E-state index in [0.717, 1.165) is 0 Å². The van der Waals surface area contributed by atoms with Crippen molar-refractivity contribution in [1.29, 1.82) is 0 Å². The first kappa shape index (κ1) is 10.7. The minimum Gasteiger partial charge on any atom is -0.251 e. The van der Waals surface area contributed by atoms with E-state index in [0.29, 0.717) is 0 Å². The topological polar surface area (TPSA) is 0 Å². The molecule has 0 aliphatic rings. The molecule has 0 aliphatic heterocycles. The summed E-state index contributed by atoms with van der Waals surface area (Å²) in [5.41, 5.74) is 0. The van der Waals surface area contributed by atoms with E-state index in [1.165, 1.54) is 0 Å². The third-order valence-electron chi connectivity index (χ3n) is 1.26. The zero-order valence-corrected chi connectivity index (χ0v) is 5.72. The van der Waals surface area contributed by atoms with Gasteiger partial charge in [0.2, 0.25) is 0 Å². The number of hydrogen-bond acceptors (Lipinski definition) is 0. The molecule has 5 heteroatoms. The summed E-state index contributed by atoms with van der Waals surface area (Å²) in [6.45, 7) is 1.20. The van der Waals surface area contributed by atoms with Crippen LogP contribution in [-0.4, -0.2) is 18.5 Å². The maximum atomic E-state index is 12.2. The molecule has 0 aromatic heterocycles.